The first kappa shape index (κ1) is 49.8. The van der Waals surface area contributed by atoms with Gasteiger partial charge in [0, 0.05) is 12.8 Å². The number of aliphatic hydroxyl groups excluding tert-OH is 2. The zero-order valence-corrected chi connectivity index (χ0v) is 34.0. The van der Waals surface area contributed by atoms with Gasteiger partial charge < -0.3 is 20.3 Å². The van der Waals surface area contributed by atoms with Gasteiger partial charge in [-0.2, -0.15) is 0 Å². The van der Waals surface area contributed by atoms with Crippen LogP contribution < -0.4 is 5.32 Å². The van der Waals surface area contributed by atoms with Crippen molar-refractivity contribution < 1.29 is 24.5 Å². The van der Waals surface area contributed by atoms with Crippen molar-refractivity contribution in [3.63, 3.8) is 0 Å². The first-order valence-corrected chi connectivity index (χ1v) is 21.9. The number of esters is 1. The molecule has 0 aromatic heterocycles. The van der Waals surface area contributed by atoms with Gasteiger partial charge in [0.1, 0.15) is 0 Å². The molecule has 0 rings (SSSR count). The van der Waals surface area contributed by atoms with E-state index in [1.807, 2.05) is 6.08 Å². The van der Waals surface area contributed by atoms with E-state index in [1.165, 1.54) is 83.5 Å². The number of nitrogens with one attached hydrogen (secondary N) is 1. The van der Waals surface area contributed by atoms with Crippen molar-refractivity contribution in [2.24, 2.45) is 0 Å². The summed E-state index contributed by atoms with van der Waals surface area (Å²) in [5, 5.41) is 22.8. The molecule has 0 saturated heterocycles. The molecule has 0 spiro atoms. The number of rotatable bonds is 39. The minimum absolute atomic E-state index is 0.0495. The first-order valence-electron chi connectivity index (χ1n) is 21.9. The Morgan fingerprint density at radius 3 is 1.54 bits per heavy atom. The number of amides is 1. The third kappa shape index (κ3) is 37.6. The molecule has 0 aromatic rings. The third-order valence-corrected chi connectivity index (χ3v) is 9.56. The molecule has 2 atom stereocenters. The number of unbranched alkanes of at least 4 members (excludes halogenated alkanes) is 22. The second kappa shape index (κ2) is 41.6. The van der Waals surface area contributed by atoms with E-state index in [9.17, 15) is 19.8 Å². The summed E-state index contributed by atoms with van der Waals surface area (Å²) >= 11 is 0. The number of hydrogen-bond donors (Lipinski definition) is 3. The van der Waals surface area contributed by atoms with E-state index in [0.29, 0.717) is 19.4 Å². The largest absolute Gasteiger partial charge is 0.466 e. The molecule has 0 aromatic carbocycles. The predicted molar refractivity (Wildman–Crippen MR) is 222 cm³/mol. The zero-order chi connectivity index (χ0) is 38.0. The lowest BCUT2D eigenvalue weighted by molar-refractivity contribution is -0.143. The Morgan fingerprint density at radius 2 is 0.981 bits per heavy atom. The smallest absolute Gasteiger partial charge is 0.305 e. The maximum atomic E-state index is 12.3. The molecule has 0 aliphatic rings. The molecule has 6 heteroatoms. The average molecular weight is 730 g/mol. The van der Waals surface area contributed by atoms with Gasteiger partial charge in [0.2, 0.25) is 5.91 Å². The summed E-state index contributed by atoms with van der Waals surface area (Å²) in [6, 6.07) is -0.648. The number of carbonyl (C=O) groups excluding carboxylic acids is 2. The van der Waals surface area contributed by atoms with Crippen LogP contribution in [0.4, 0.5) is 0 Å². The summed E-state index contributed by atoms with van der Waals surface area (Å²) in [6.07, 6.45) is 49.5. The van der Waals surface area contributed by atoms with E-state index < -0.39 is 12.1 Å². The first-order chi connectivity index (χ1) is 25.5. The molecule has 0 radical (unpaired) electrons. The highest BCUT2D eigenvalue weighted by molar-refractivity contribution is 5.76. The van der Waals surface area contributed by atoms with Gasteiger partial charge in [0.25, 0.3) is 0 Å². The summed E-state index contributed by atoms with van der Waals surface area (Å²) in [4.78, 5) is 24.3. The maximum absolute atomic E-state index is 12.3. The van der Waals surface area contributed by atoms with Crippen LogP contribution in [0.25, 0.3) is 0 Å². The molecular weight excluding hydrogens is 647 g/mol. The molecule has 3 N–H and O–H groups in total. The van der Waals surface area contributed by atoms with Crippen molar-refractivity contribution in [1.82, 2.24) is 5.32 Å². The molecule has 0 bridgehead atoms. The fourth-order valence-corrected chi connectivity index (χ4v) is 6.11. The van der Waals surface area contributed by atoms with E-state index in [4.69, 9.17) is 4.74 Å². The Kier molecular flexibility index (Phi) is 39.8. The number of aliphatic hydroxyl groups is 2. The zero-order valence-electron chi connectivity index (χ0n) is 34.0. The average Bonchev–Trinajstić information content (AvgIpc) is 3.14. The third-order valence-electron chi connectivity index (χ3n) is 9.56. The molecule has 0 heterocycles. The Hall–Kier alpha value is -2.18. The molecule has 0 saturated carbocycles. The van der Waals surface area contributed by atoms with E-state index in [2.05, 4.69) is 55.6 Å². The van der Waals surface area contributed by atoms with Crippen LogP contribution >= 0.6 is 0 Å². The van der Waals surface area contributed by atoms with E-state index in [-0.39, 0.29) is 18.5 Å². The number of allylic oxidation sites excluding steroid dienone is 7. The van der Waals surface area contributed by atoms with E-state index in [0.717, 1.165) is 96.3 Å². The van der Waals surface area contributed by atoms with Crippen molar-refractivity contribution in [2.45, 2.75) is 219 Å². The van der Waals surface area contributed by atoms with Crippen LogP contribution in [-0.4, -0.2) is 47.4 Å². The van der Waals surface area contributed by atoms with Gasteiger partial charge in [-0.15, -0.1) is 0 Å². The van der Waals surface area contributed by atoms with Crippen LogP contribution in [0.2, 0.25) is 0 Å². The summed E-state index contributed by atoms with van der Waals surface area (Å²) in [5.41, 5.74) is 0. The monoisotopic (exact) mass is 730 g/mol. The van der Waals surface area contributed by atoms with Crippen molar-refractivity contribution in [3.05, 3.63) is 48.6 Å². The highest BCUT2D eigenvalue weighted by Crippen LogP contribution is 2.12. The van der Waals surface area contributed by atoms with Gasteiger partial charge >= 0.3 is 5.97 Å². The highest BCUT2D eigenvalue weighted by atomic mass is 16.5. The van der Waals surface area contributed by atoms with Gasteiger partial charge in [0.15, 0.2) is 0 Å². The molecule has 0 aliphatic carbocycles. The number of hydrogen-bond acceptors (Lipinski definition) is 5. The molecule has 6 nitrogen and oxygen atoms in total. The molecular formula is C46H83NO5. The summed E-state index contributed by atoms with van der Waals surface area (Å²) < 4.78 is 5.41. The van der Waals surface area contributed by atoms with Gasteiger partial charge in [-0.25, -0.2) is 0 Å². The van der Waals surface area contributed by atoms with Crippen LogP contribution in [0.1, 0.15) is 206 Å². The normalized spacial score (nSPS) is 13.2. The molecule has 0 fully saturated rings. The van der Waals surface area contributed by atoms with Crippen LogP contribution in [0.3, 0.4) is 0 Å². The fraction of sp³-hybridized carbons (Fsp3) is 0.783. The lowest BCUT2D eigenvalue weighted by atomic mass is 10.1. The molecule has 0 aliphatic heterocycles. The second-order valence-electron chi connectivity index (χ2n) is 14.7. The number of carbonyl (C=O) groups is 2. The van der Waals surface area contributed by atoms with E-state index >= 15 is 0 Å². The molecule has 52 heavy (non-hydrogen) atoms. The summed E-state index contributed by atoms with van der Waals surface area (Å²) in [7, 11) is 0. The second-order valence-corrected chi connectivity index (χ2v) is 14.7. The minimum atomic E-state index is -0.862. The molecule has 302 valence electrons. The van der Waals surface area contributed by atoms with Crippen LogP contribution in [0, 0.1) is 0 Å². The summed E-state index contributed by atoms with van der Waals surface area (Å²) in [6.45, 7) is 4.73. The van der Waals surface area contributed by atoms with Crippen molar-refractivity contribution >= 4 is 11.9 Å². The fourth-order valence-electron chi connectivity index (χ4n) is 6.11. The standard InChI is InChI=1S/C46H83NO5/c1-3-5-7-9-11-13-15-16-17-20-24-28-32-36-40-46(51)52-41-37-33-29-25-21-18-19-23-27-31-35-39-45(50)47-43(42-48)44(49)38-34-30-26-22-14-12-10-8-6-4-2/h9,11,15-16,21,25,34,38,43-44,48-49H,3-8,10,12-14,17-20,22-24,26-33,35-37,39-42H2,1-2H3,(H,47,50)/b11-9-,16-15-,25-21-,38-34+. The highest BCUT2D eigenvalue weighted by Gasteiger charge is 2.17. The molecule has 1 amide bonds. The number of ether oxygens (including phenoxy) is 1. The van der Waals surface area contributed by atoms with Crippen LogP contribution in [-0.2, 0) is 14.3 Å². The minimum Gasteiger partial charge on any atom is -0.466 e. The summed E-state index contributed by atoms with van der Waals surface area (Å²) in [5.74, 6) is -0.152. The van der Waals surface area contributed by atoms with Crippen molar-refractivity contribution in [3.8, 4) is 0 Å². The molecule has 2 unspecified atom stereocenters. The lowest BCUT2D eigenvalue weighted by Gasteiger charge is -2.20. The van der Waals surface area contributed by atoms with Crippen molar-refractivity contribution in [2.75, 3.05) is 13.2 Å². The van der Waals surface area contributed by atoms with E-state index in [1.54, 1.807) is 6.08 Å². The van der Waals surface area contributed by atoms with Gasteiger partial charge in [-0.05, 0) is 83.5 Å². The van der Waals surface area contributed by atoms with Crippen LogP contribution in [0.15, 0.2) is 48.6 Å². The topological polar surface area (TPSA) is 95.9 Å². The maximum Gasteiger partial charge on any atom is 0.305 e. The Morgan fingerprint density at radius 1 is 0.538 bits per heavy atom. The Labute approximate surface area is 321 Å². The van der Waals surface area contributed by atoms with Gasteiger partial charge in [-0.1, -0.05) is 159 Å². The predicted octanol–water partition coefficient (Wildman–Crippen LogP) is 12.3. The van der Waals surface area contributed by atoms with Crippen molar-refractivity contribution in [1.29, 1.82) is 0 Å². The quantitative estimate of drug-likeness (QED) is 0.0332. The van der Waals surface area contributed by atoms with Gasteiger partial charge in [0.05, 0.1) is 25.4 Å². The van der Waals surface area contributed by atoms with Crippen LogP contribution in [0.5, 0.6) is 0 Å². The Bertz CT molecular complexity index is 895. The lowest BCUT2D eigenvalue weighted by Crippen LogP contribution is -2.45. The SMILES string of the molecule is CCCC/C=C\C/C=C\CCCCCCCC(=O)OCCCC/C=C\CCCCCCCC(=O)NC(CO)C(O)/C=C/CCCCCCCCCC. The Balaban J connectivity index is 3.58. The van der Waals surface area contributed by atoms with Gasteiger partial charge in [-0.3, -0.25) is 9.59 Å².